The third-order valence-corrected chi connectivity index (χ3v) is 3.50. The summed E-state index contributed by atoms with van der Waals surface area (Å²) in [6.07, 6.45) is -4.05. The van der Waals surface area contributed by atoms with E-state index < -0.39 is 24.7 Å². The van der Waals surface area contributed by atoms with Crippen LogP contribution in [0.4, 0.5) is 18.9 Å². The van der Waals surface area contributed by atoms with E-state index in [0.717, 1.165) is 0 Å². The van der Waals surface area contributed by atoms with Crippen LogP contribution >= 0.6 is 11.6 Å². The third-order valence-electron chi connectivity index (χ3n) is 3.19. The highest BCUT2D eigenvalue weighted by atomic mass is 35.5. The Labute approximate surface area is 144 Å². The molecule has 0 aliphatic heterocycles. The molecular weight excluding hydrogens is 347 g/mol. The second-order valence-electron chi connectivity index (χ2n) is 5.75. The summed E-state index contributed by atoms with van der Waals surface area (Å²) in [7, 11) is 0. The molecule has 1 rings (SSSR count). The first-order valence-corrected chi connectivity index (χ1v) is 7.88. The minimum Gasteiger partial charge on any atom is -0.482 e. The lowest BCUT2D eigenvalue weighted by atomic mass is 9.90. The largest absolute Gasteiger partial charge is 0.482 e. The van der Waals surface area contributed by atoms with Gasteiger partial charge in [0.05, 0.1) is 23.2 Å². The summed E-state index contributed by atoms with van der Waals surface area (Å²) in [4.78, 5) is 12.2. The number of carbonyl (C=O) groups excluding carboxylic acids is 1. The van der Waals surface area contributed by atoms with Crippen LogP contribution in [0.1, 0.15) is 38.7 Å². The number of carbonyl (C=O) groups is 1. The van der Waals surface area contributed by atoms with Gasteiger partial charge in [0.15, 0.2) is 6.61 Å². The van der Waals surface area contributed by atoms with Crippen LogP contribution in [0.3, 0.4) is 0 Å². The lowest BCUT2D eigenvalue weighted by molar-refractivity contribution is -0.153. The summed E-state index contributed by atoms with van der Waals surface area (Å²) in [5.41, 5.74) is 5.99. The molecule has 0 heterocycles. The smallest absolute Gasteiger partial charge is 0.422 e. The molecule has 0 bridgehead atoms. The second-order valence-corrected chi connectivity index (χ2v) is 6.16. The molecule has 1 aromatic carbocycles. The van der Waals surface area contributed by atoms with E-state index in [1.807, 2.05) is 13.8 Å². The van der Waals surface area contributed by atoms with Crippen molar-refractivity contribution in [2.45, 2.75) is 39.3 Å². The van der Waals surface area contributed by atoms with E-state index in [2.05, 4.69) is 0 Å². The predicted octanol–water partition coefficient (Wildman–Crippen LogP) is 4.56. The number of nitrogens with two attached hydrogens (primary N) is 1. The molecule has 0 amide bonds. The maximum Gasteiger partial charge on any atom is 0.422 e. The van der Waals surface area contributed by atoms with E-state index in [-0.39, 0.29) is 29.0 Å². The Bertz CT molecular complexity index is 576. The van der Waals surface area contributed by atoms with Crippen LogP contribution in [0, 0.1) is 5.92 Å². The normalized spacial score (nSPS) is 13.0. The number of esters is 1. The van der Waals surface area contributed by atoms with Crippen LogP contribution in [0.2, 0.25) is 5.02 Å². The number of nitrogen functional groups attached to an aromatic ring is 1. The number of rotatable bonds is 7. The molecular formula is C16H21ClF3NO3. The van der Waals surface area contributed by atoms with E-state index in [9.17, 15) is 18.0 Å². The number of benzene rings is 1. The van der Waals surface area contributed by atoms with E-state index in [1.54, 1.807) is 6.92 Å². The van der Waals surface area contributed by atoms with Gasteiger partial charge in [0.2, 0.25) is 0 Å². The van der Waals surface area contributed by atoms with Crippen molar-refractivity contribution >= 4 is 23.3 Å². The van der Waals surface area contributed by atoms with E-state index in [1.165, 1.54) is 12.1 Å². The van der Waals surface area contributed by atoms with Gasteiger partial charge in [-0.15, -0.1) is 0 Å². The van der Waals surface area contributed by atoms with Gasteiger partial charge in [0.1, 0.15) is 5.75 Å². The number of ether oxygens (including phenoxy) is 2. The van der Waals surface area contributed by atoms with Gasteiger partial charge < -0.3 is 15.2 Å². The van der Waals surface area contributed by atoms with Crippen molar-refractivity contribution in [3.05, 3.63) is 22.7 Å². The van der Waals surface area contributed by atoms with Crippen molar-refractivity contribution < 1.29 is 27.4 Å². The zero-order chi connectivity index (χ0) is 18.5. The number of anilines is 1. The van der Waals surface area contributed by atoms with Crippen molar-refractivity contribution in [1.29, 1.82) is 0 Å². The van der Waals surface area contributed by atoms with Crippen molar-refractivity contribution in [2.75, 3.05) is 18.9 Å². The summed E-state index contributed by atoms with van der Waals surface area (Å²) >= 11 is 5.99. The molecule has 0 saturated heterocycles. The maximum atomic E-state index is 12.4. The van der Waals surface area contributed by atoms with Crippen LogP contribution in [0.5, 0.6) is 5.75 Å². The number of hydrogen-bond donors (Lipinski definition) is 1. The first kappa shape index (κ1) is 20.4. The van der Waals surface area contributed by atoms with Crippen LogP contribution < -0.4 is 10.5 Å². The minimum atomic E-state index is -4.51. The summed E-state index contributed by atoms with van der Waals surface area (Å²) in [6.45, 7) is 4.23. The molecule has 0 aromatic heterocycles. The second kappa shape index (κ2) is 8.46. The average molecular weight is 368 g/mol. The Morgan fingerprint density at radius 2 is 1.96 bits per heavy atom. The molecule has 1 aromatic rings. The summed E-state index contributed by atoms with van der Waals surface area (Å²) in [6, 6.07) is 2.78. The van der Waals surface area contributed by atoms with Crippen LogP contribution in [-0.2, 0) is 9.53 Å². The van der Waals surface area contributed by atoms with Crippen LogP contribution in [0.15, 0.2) is 12.1 Å². The first-order chi connectivity index (χ1) is 11.0. The highest BCUT2D eigenvalue weighted by molar-refractivity contribution is 6.33. The lowest BCUT2D eigenvalue weighted by Gasteiger charge is -2.20. The molecule has 24 heavy (non-hydrogen) atoms. The zero-order valence-electron chi connectivity index (χ0n) is 13.7. The number of alkyl halides is 3. The monoisotopic (exact) mass is 367 g/mol. The fraction of sp³-hybridized carbons (Fsp3) is 0.562. The Morgan fingerprint density at radius 3 is 2.46 bits per heavy atom. The number of hydrogen-bond acceptors (Lipinski definition) is 4. The Morgan fingerprint density at radius 1 is 1.33 bits per heavy atom. The van der Waals surface area contributed by atoms with Gasteiger partial charge in [-0.05, 0) is 37.0 Å². The molecule has 0 saturated carbocycles. The Hall–Kier alpha value is -1.63. The Balaban J connectivity index is 3.19. The predicted molar refractivity (Wildman–Crippen MR) is 86.2 cm³/mol. The van der Waals surface area contributed by atoms with Gasteiger partial charge in [0.25, 0.3) is 0 Å². The van der Waals surface area contributed by atoms with Crippen LogP contribution in [0.25, 0.3) is 0 Å². The number of halogens is 4. The molecule has 1 unspecified atom stereocenters. The van der Waals surface area contributed by atoms with E-state index >= 15 is 0 Å². The van der Waals surface area contributed by atoms with E-state index in [4.69, 9.17) is 26.8 Å². The van der Waals surface area contributed by atoms with Crippen molar-refractivity contribution in [3.63, 3.8) is 0 Å². The average Bonchev–Trinajstić information content (AvgIpc) is 2.45. The molecule has 8 heteroatoms. The van der Waals surface area contributed by atoms with Gasteiger partial charge in [-0.3, -0.25) is 4.79 Å². The third kappa shape index (κ3) is 6.11. The topological polar surface area (TPSA) is 61.5 Å². The molecule has 2 N–H and O–H groups in total. The van der Waals surface area contributed by atoms with E-state index in [0.29, 0.717) is 12.0 Å². The van der Waals surface area contributed by atoms with Gasteiger partial charge in [-0.1, -0.05) is 25.4 Å². The minimum absolute atomic E-state index is 0.0303. The quantitative estimate of drug-likeness (QED) is 0.567. The highest BCUT2D eigenvalue weighted by Gasteiger charge is 2.30. The molecule has 0 fully saturated rings. The summed E-state index contributed by atoms with van der Waals surface area (Å²) < 4.78 is 46.9. The van der Waals surface area contributed by atoms with Gasteiger partial charge in [-0.25, -0.2) is 0 Å². The van der Waals surface area contributed by atoms with Crippen LogP contribution in [-0.4, -0.2) is 25.4 Å². The molecule has 0 radical (unpaired) electrons. The standard InChI is InChI=1S/C16H21ClF3NO3/c1-4-23-15(22)11(5-9(2)3)10-6-12(17)14(21)13(7-10)24-8-16(18,19)20/h6-7,9,11H,4-5,8,21H2,1-3H3. The fourth-order valence-electron chi connectivity index (χ4n) is 2.18. The molecule has 0 aliphatic rings. The summed E-state index contributed by atoms with van der Waals surface area (Å²) in [5, 5.41) is 0.0303. The van der Waals surface area contributed by atoms with Crippen molar-refractivity contribution in [3.8, 4) is 5.75 Å². The lowest BCUT2D eigenvalue weighted by Crippen LogP contribution is -2.21. The van der Waals surface area contributed by atoms with Gasteiger partial charge >= 0.3 is 12.1 Å². The maximum absolute atomic E-state index is 12.4. The molecule has 0 spiro atoms. The van der Waals surface area contributed by atoms with Gasteiger partial charge in [-0.2, -0.15) is 13.2 Å². The SMILES string of the molecule is CCOC(=O)C(CC(C)C)c1cc(Cl)c(N)c(OCC(F)(F)F)c1. The Kier molecular flexibility index (Phi) is 7.20. The molecule has 0 aliphatic carbocycles. The fourth-order valence-corrected chi connectivity index (χ4v) is 2.39. The molecule has 136 valence electrons. The van der Waals surface area contributed by atoms with Crippen molar-refractivity contribution in [1.82, 2.24) is 0 Å². The highest BCUT2D eigenvalue weighted by Crippen LogP contribution is 2.37. The van der Waals surface area contributed by atoms with Crippen molar-refractivity contribution in [2.24, 2.45) is 5.92 Å². The first-order valence-electron chi connectivity index (χ1n) is 7.50. The summed E-state index contributed by atoms with van der Waals surface area (Å²) in [5.74, 6) is -1.16. The molecule has 4 nitrogen and oxygen atoms in total. The zero-order valence-corrected chi connectivity index (χ0v) is 14.5. The van der Waals surface area contributed by atoms with Gasteiger partial charge in [0, 0.05) is 0 Å². The molecule has 1 atom stereocenters.